The maximum Gasteiger partial charge on any atom is 0.310 e. The van der Waals surface area contributed by atoms with E-state index in [4.69, 9.17) is 9.84 Å². The standard InChI is InChI=1S/C13H18N2O5/c16-9-5-1-4-8-14-13(17)10-20-12-7-3-2-6-11(12)15(18)19/h2-3,6-7,16H,1,4-5,8-10H2,(H,14,17). The number of ether oxygens (including phenoxy) is 1. The molecule has 0 fully saturated rings. The topological polar surface area (TPSA) is 102 Å². The molecule has 0 unspecified atom stereocenters. The second-order valence-electron chi connectivity index (χ2n) is 4.15. The minimum atomic E-state index is -0.553. The number of aliphatic hydroxyl groups is 1. The van der Waals surface area contributed by atoms with E-state index in [9.17, 15) is 14.9 Å². The van der Waals surface area contributed by atoms with E-state index >= 15 is 0 Å². The lowest BCUT2D eigenvalue weighted by Gasteiger charge is -2.07. The molecule has 110 valence electrons. The highest BCUT2D eigenvalue weighted by Crippen LogP contribution is 2.25. The zero-order valence-electron chi connectivity index (χ0n) is 11.1. The van der Waals surface area contributed by atoms with Gasteiger partial charge in [-0.1, -0.05) is 12.1 Å². The van der Waals surface area contributed by atoms with Crippen molar-refractivity contribution >= 4 is 11.6 Å². The van der Waals surface area contributed by atoms with Crippen LogP contribution in [0.5, 0.6) is 5.75 Å². The molecule has 0 aliphatic heterocycles. The van der Waals surface area contributed by atoms with Crippen LogP contribution in [-0.2, 0) is 4.79 Å². The van der Waals surface area contributed by atoms with Gasteiger partial charge in [0.15, 0.2) is 12.4 Å². The molecular weight excluding hydrogens is 264 g/mol. The number of hydrogen-bond acceptors (Lipinski definition) is 5. The fourth-order valence-electron chi connectivity index (χ4n) is 1.57. The van der Waals surface area contributed by atoms with Gasteiger partial charge in [-0.2, -0.15) is 0 Å². The quantitative estimate of drug-likeness (QED) is 0.403. The number of para-hydroxylation sites is 2. The highest BCUT2D eigenvalue weighted by atomic mass is 16.6. The lowest BCUT2D eigenvalue weighted by molar-refractivity contribution is -0.385. The van der Waals surface area contributed by atoms with Crippen molar-refractivity contribution in [3.63, 3.8) is 0 Å². The zero-order chi connectivity index (χ0) is 14.8. The SMILES string of the molecule is O=C(COc1ccccc1[N+](=O)[O-])NCCCCCO. The van der Waals surface area contributed by atoms with E-state index in [1.165, 1.54) is 18.2 Å². The summed E-state index contributed by atoms with van der Waals surface area (Å²) >= 11 is 0. The van der Waals surface area contributed by atoms with Crippen LogP contribution in [0.15, 0.2) is 24.3 Å². The maximum absolute atomic E-state index is 11.5. The van der Waals surface area contributed by atoms with Gasteiger partial charge in [0.05, 0.1) is 4.92 Å². The number of nitro benzene ring substituents is 1. The summed E-state index contributed by atoms with van der Waals surface area (Å²) in [5, 5.41) is 22.0. The number of nitrogens with zero attached hydrogens (tertiary/aromatic N) is 1. The van der Waals surface area contributed by atoms with Gasteiger partial charge in [0.2, 0.25) is 0 Å². The normalized spacial score (nSPS) is 10.1. The predicted octanol–water partition coefficient (Wildman–Crippen LogP) is 1.25. The van der Waals surface area contributed by atoms with Gasteiger partial charge in [-0.25, -0.2) is 0 Å². The Labute approximate surface area is 116 Å². The fourth-order valence-corrected chi connectivity index (χ4v) is 1.57. The third-order valence-corrected chi connectivity index (χ3v) is 2.58. The molecule has 0 atom stereocenters. The molecule has 1 aromatic carbocycles. The van der Waals surface area contributed by atoms with Crippen molar-refractivity contribution in [2.75, 3.05) is 19.8 Å². The number of aliphatic hydroxyl groups excluding tert-OH is 1. The van der Waals surface area contributed by atoms with Gasteiger partial charge < -0.3 is 15.2 Å². The minimum Gasteiger partial charge on any atom is -0.477 e. The third kappa shape index (κ3) is 5.66. The van der Waals surface area contributed by atoms with Gasteiger partial charge in [0, 0.05) is 19.2 Å². The van der Waals surface area contributed by atoms with E-state index in [2.05, 4.69) is 5.32 Å². The van der Waals surface area contributed by atoms with Crippen LogP contribution in [0.2, 0.25) is 0 Å². The molecule has 0 aliphatic rings. The van der Waals surface area contributed by atoms with E-state index in [-0.39, 0.29) is 30.6 Å². The van der Waals surface area contributed by atoms with Crippen molar-refractivity contribution in [3.05, 3.63) is 34.4 Å². The number of nitrogens with one attached hydrogen (secondary N) is 1. The van der Waals surface area contributed by atoms with Crippen LogP contribution in [0.25, 0.3) is 0 Å². The molecule has 0 spiro atoms. The van der Waals surface area contributed by atoms with Crippen molar-refractivity contribution in [1.82, 2.24) is 5.32 Å². The van der Waals surface area contributed by atoms with Gasteiger partial charge >= 0.3 is 5.69 Å². The van der Waals surface area contributed by atoms with Gasteiger partial charge in [0.25, 0.3) is 5.91 Å². The summed E-state index contributed by atoms with van der Waals surface area (Å²) in [4.78, 5) is 21.7. The van der Waals surface area contributed by atoms with Gasteiger partial charge in [-0.15, -0.1) is 0 Å². The van der Waals surface area contributed by atoms with Crippen LogP contribution < -0.4 is 10.1 Å². The first kappa shape index (κ1) is 15.9. The number of amides is 1. The molecule has 1 rings (SSSR count). The Morgan fingerprint density at radius 1 is 1.30 bits per heavy atom. The molecule has 2 N–H and O–H groups in total. The third-order valence-electron chi connectivity index (χ3n) is 2.58. The van der Waals surface area contributed by atoms with Crippen molar-refractivity contribution in [2.45, 2.75) is 19.3 Å². The Morgan fingerprint density at radius 2 is 2.05 bits per heavy atom. The van der Waals surface area contributed by atoms with Crippen molar-refractivity contribution in [1.29, 1.82) is 0 Å². The molecule has 0 saturated carbocycles. The minimum absolute atomic E-state index is 0.0768. The average Bonchev–Trinajstić information content (AvgIpc) is 2.45. The van der Waals surface area contributed by atoms with Crippen LogP contribution >= 0.6 is 0 Å². The molecule has 20 heavy (non-hydrogen) atoms. The molecule has 0 radical (unpaired) electrons. The van der Waals surface area contributed by atoms with E-state index in [0.717, 1.165) is 12.8 Å². The summed E-state index contributed by atoms with van der Waals surface area (Å²) in [7, 11) is 0. The van der Waals surface area contributed by atoms with Crippen molar-refractivity contribution in [3.8, 4) is 5.75 Å². The Balaban J connectivity index is 2.32. The van der Waals surface area contributed by atoms with Gasteiger partial charge in [-0.05, 0) is 25.3 Å². The smallest absolute Gasteiger partial charge is 0.310 e. The summed E-state index contributed by atoms with van der Waals surface area (Å²) < 4.78 is 5.14. The second-order valence-corrected chi connectivity index (χ2v) is 4.15. The number of carbonyl (C=O) groups is 1. The number of rotatable bonds is 9. The molecule has 0 bridgehead atoms. The molecule has 1 amide bonds. The van der Waals surface area contributed by atoms with Crippen LogP contribution in [-0.4, -0.2) is 35.7 Å². The predicted molar refractivity (Wildman–Crippen MR) is 72.5 cm³/mol. The van der Waals surface area contributed by atoms with Gasteiger partial charge in [0.1, 0.15) is 0 Å². The molecule has 0 aliphatic carbocycles. The van der Waals surface area contributed by atoms with Crippen LogP contribution in [0.1, 0.15) is 19.3 Å². The lowest BCUT2D eigenvalue weighted by Crippen LogP contribution is -2.29. The Kier molecular flexibility index (Phi) is 7.05. The van der Waals surface area contributed by atoms with Gasteiger partial charge in [-0.3, -0.25) is 14.9 Å². The molecule has 0 heterocycles. The molecule has 0 saturated heterocycles. The summed E-state index contributed by atoms with van der Waals surface area (Å²) in [5.41, 5.74) is -0.164. The number of unbranched alkanes of at least 4 members (excludes halogenated alkanes) is 2. The zero-order valence-corrected chi connectivity index (χ0v) is 11.1. The summed E-state index contributed by atoms with van der Waals surface area (Å²) in [6, 6.07) is 5.91. The molecule has 7 nitrogen and oxygen atoms in total. The summed E-state index contributed by atoms with van der Waals surface area (Å²) in [6.45, 7) is 0.388. The summed E-state index contributed by atoms with van der Waals surface area (Å²) in [6.07, 6.45) is 2.32. The average molecular weight is 282 g/mol. The van der Waals surface area contributed by atoms with Crippen molar-refractivity contribution in [2.24, 2.45) is 0 Å². The highest BCUT2D eigenvalue weighted by Gasteiger charge is 2.14. The second kappa shape index (κ2) is 8.87. The van der Waals surface area contributed by atoms with Crippen LogP contribution in [0, 0.1) is 10.1 Å². The van der Waals surface area contributed by atoms with E-state index in [1.807, 2.05) is 0 Å². The monoisotopic (exact) mass is 282 g/mol. The Bertz CT molecular complexity index is 450. The molecular formula is C13H18N2O5. The van der Waals surface area contributed by atoms with E-state index in [1.54, 1.807) is 6.07 Å². The summed E-state index contributed by atoms with van der Waals surface area (Å²) in [5.74, 6) is -0.250. The molecule has 7 heteroatoms. The first-order valence-electron chi connectivity index (χ1n) is 6.39. The van der Waals surface area contributed by atoms with E-state index < -0.39 is 4.92 Å². The van der Waals surface area contributed by atoms with Crippen LogP contribution in [0.3, 0.4) is 0 Å². The molecule has 0 aromatic heterocycles. The number of benzene rings is 1. The van der Waals surface area contributed by atoms with Crippen LogP contribution in [0.4, 0.5) is 5.69 Å². The maximum atomic E-state index is 11.5. The lowest BCUT2D eigenvalue weighted by atomic mass is 10.2. The number of hydrogen-bond donors (Lipinski definition) is 2. The number of carbonyl (C=O) groups excluding carboxylic acids is 1. The molecule has 1 aromatic rings. The Morgan fingerprint density at radius 3 is 2.75 bits per heavy atom. The highest BCUT2D eigenvalue weighted by molar-refractivity contribution is 5.77. The number of nitro groups is 1. The Hall–Kier alpha value is -2.15. The first-order chi connectivity index (χ1) is 9.65. The van der Waals surface area contributed by atoms with E-state index in [0.29, 0.717) is 13.0 Å². The van der Waals surface area contributed by atoms with Crippen molar-refractivity contribution < 1.29 is 19.6 Å². The fraction of sp³-hybridized carbons (Fsp3) is 0.462. The first-order valence-corrected chi connectivity index (χ1v) is 6.39. The largest absolute Gasteiger partial charge is 0.477 e.